The third kappa shape index (κ3) is 2.54. The summed E-state index contributed by atoms with van der Waals surface area (Å²) in [6.07, 6.45) is 7.08. The van der Waals surface area contributed by atoms with E-state index >= 15 is 0 Å². The van der Waals surface area contributed by atoms with Crippen molar-refractivity contribution in [2.24, 2.45) is 5.92 Å². The van der Waals surface area contributed by atoms with Gasteiger partial charge in [-0.05, 0) is 25.2 Å². The molecular weight excluding hydrogens is 256 g/mol. The quantitative estimate of drug-likeness (QED) is 0.685. The van der Waals surface area contributed by atoms with Crippen LogP contribution < -0.4 is 0 Å². The Bertz CT molecular complexity index is 87.3. The van der Waals surface area contributed by atoms with Crippen LogP contribution >= 0.6 is 31.9 Å². The summed E-state index contributed by atoms with van der Waals surface area (Å²) >= 11 is 7.20. The minimum absolute atomic E-state index is 0.773. The molecule has 60 valence electrons. The van der Waals surface area contributed by atoms with E-state index in [0.29, 0.717) is 0 Å². The Labute approximate surface area is 80.0 Å². The van der Waals surface area contributed by atoms with Gasteiger partial charge in [0.15, 0.2) is 0 Å². The second-order valence-corrected chi connectivity index (χ2v) is 5.01. The fourth-order valence-electron chi connectivity index (χ4n) is 1.66. The van der Waals surface area contributed by atoms with Crippen molar-refractivity contribution in [3.8, 4) is 0 Å². The highest BCUT2D eigenvalue weighted by Gasteiger charge is 2.21. The molecule has 10 heavy (non-hydrogen) atoms. The van der Waals surface area contributed by atoms with Gasteiger partial charge >= 0.3 is 0 Å². The molecule has 0 aromatic heterocycles. The molecule has 0 aromatic rings. The number of alkyl halides is 2. The lowest BCUT2D eigenvalue weighted by molar-refractivity contribution is 0.521. The summed E-state index contributed by atoms with van der Waals surface area (Å²) in [7, 11) is 0. The molecule has 0 N–H and O–H groups in total. The topological polar surface area (TPSA) is 0 Å². The first-order valence-electron chi connectivity index (χ1n) is 4.04. The smallest absolute Gasteiger partial charge is 0.0182 e. The molecule has 0 bridgehead atoms. The summed E-state index contributed by atoms with van der Waals surface area (Å²) in [6.45, 7) is 0. The van der Waals surface area contributed by atoms with E-state index in [1.54, 1.807) is 0 Å². The summed E-state index contributed by atoms with van der Waals surface area (Å²) in [6, 6.07) is 0. The first-order valence-corrected chi connectivity index (χ1v) is 6.08. The van der Waals surface area contributed by atoms with Gasteiger partial charge in [-0.1, -0.05) is 44.7 Å². The molecule has 2 heteroatoms. The van der Waals surface area contributed by atoms with Gasteiger partial charge in [-0.25, -0.2) is 0 Å². The average Bonchev–Trinajstić information content (AvgIpc) is 2.38. The van der Waals surface area contributed by atoms with Gasteiger partial charge in [0.2, 0.25) is 0 Å². The van der Waals surface area contributed by atoms with Gasteiger partial charge in [0, 0.05) is 10.2 Å². The van der Waals surface area contributed by atoms with Crippen LogP contribution in [0.5, 0.6) is 0 Å². The van der Waals surface area contributed by atoms with Gasteiger partial charge in [-0.3, -0.25) is 0 Å². The highest BCUT2D eigenvalue weighted by atomic mass is 79.9. The van der Waals surface area contributed by atoms with Gasteiger partial charge < -0.3 is 0 Å². The van der Waals surface area contributed by atoms with Crippen LogP contribution in [-0.4, -0.2) is 10.2 Å². The van der Waals surface area contributed by atoms with Gasteiger partial charge in [-0.15, -0.1) is 0 Å². The van der Waals surface area contributed by atoms with E-state index in [1.165, 1.54) is 32.1 Å². The van der Waals surface area contributed by atoms with Crippen LogP contribution in [0.4, 0.5) is 0 Å². The largest absolute Gasteiger partial charge is 0.0928 e. The van der Waals surface area contributed by atoms with Gasteiger partial charge in [-0.2, -0.15) is 0 Å². The Morgan fingerprint density at radius 2 is 1.90 bits per heavy atom. The summed E-state index contributed by atoms with van der Waals surface area (Å²) in [5.41, 5.74) is 0. The lowest BCUT2D eigenvalue weighted by Crippen LogP contribution is -2.10. The first kappa shape index (κ1) is 9.05. The van der Waals surface area contributed by atoms with E-state index in [1.807, 2.05) is 0 Å². The lowest BCUT2D eigenvalue weighted by atomic mass is 10.0. The monoisotopic (exact) mass is 268 g/mol. The maximum Gasteiger partial charge on any atom is 0.0182 e. The number of hydrogen-bond donors (Lipinski definition) is 0. The Hall–Kier alpha value is 0.960. The summed E-state index contributed by atoms with van der Waals surface area (Å²) < 4.78 is 0. The fraction of sp³-hybridized carbons (Fsp3) is 1.00. The van der Waals surface area contributed by atoms with Crippen molar-refractivity contribution in [3.05, 3.63) is 0 Å². The van der Waals surface area contributed by atoms with Crippen molar-refractivity contribution < 1.29 is 0 Å². The second kappa shape index (κ2) is 4.76. The lowest BCUT2D eigenvalue weighted by Gasteiger charge is -2.14. The molecule has 1 fully saturated rings. The van der Waals surface area contributed by atoms with Gasteiger partial charge in [0.05, 0.1) is 0 Å². The third-order valence-electron chi connectivity index (χ3n) is 2.30. The van der Waals surface area contributed by atoms with Crippen LogP contribution in [0.1, 0.15) is 32.1 Å². The van der Waals surface area contributed by atoms with Crippen LogP contribution in [0.15, 0.2) is 0 Å². The highest BCUT2D eigenvalue weighted by molar-refractivity contribution is 9.10. The minimum Gasteiger partial charge on any atom is -0.0928 e. The molecule has 1 saturated carbocycles. The Kier molecular flexibility index (Phi) is 4.31. The zero-order valence-electron chi connectivity index (χ0n) is 6.15. The Morgan fingerprint density at radius 3 is 2.40 bits per heavy atom. The van der Waals surface area contributed by atoms with Crippen molar-refractivity contribution in [1.29, 1.82) is 0 Å². The Balaban J connectivity index is 2.18. The van der Waals surface area contributed by atoms with E-state index in [9.17, 15) is 0 Å². The molecule has 0 heterocycles. The van der Waals surface area contributed by atoms with Crippen LogP contribution in [-0.2, 0) is 0 Å². The van der Waals surface area contributed by atoms with Crippen molar-refractivity contribution in [2.75, 3.05) is 5.33 Å². The SMILES string of the molecule is BrCC[C@H](Br)C1CCCC1. The van der Waals surface area contributed by atoms with E-state index in [0.717, 1.165) is 16.1 Å². The highest BCUT2D eigenvalue weighted by Crippen LogP contribution is 2.33. The molecule has 0 amide bonds. The molecule has 0 spiro atoms. The molecule has 0 aromatic carbocycles. The van der Waals surface area contributed by atoms with E-state index in [4.69, 9.17) is 0 Å². The molecule has 1 rings (SSSR count). The number of rotatable bonds is 3. The molecule has 0 radical (unpaired) electrons. The molecule has 0 unspecified atom stereocenters. The Morgan fingerprint density at radius 1 is 1.30 bits per heavy atom. The molecule has 1 aliphatic rings. The number of hydrogen-bond acceptors (Lipinski definition) is 0. The van der Waals surface area contributed by atoms with Crippen LogP contribution in [0.2, 0.25) is 0 Å². The molecule has 0 aliphatic heterocycles. The zero-order chi connectivity index (χ0) is 7.40. The predicted molar refractivity (Wildman–Crippen MR) is 53.1 cm³/mol. The normalized spacial score (nSPS) is 23.4. The minimum atomic E-state index is 0.773. The third-order valence-corrected chi connectivity index (χ3v) is 3.96. The average molecular weight is 270 g/mol. The van der Waals surface area contributed by atoms with Crippen molar-refractivity contribution >= 4 is 31.9 Å². The summed E-state index contributed by atoms with van der Waals surface area (Å²) in [4.78, 5) is 0.773. The molecular formula is C8H14Br2. The fourth-order valence-corrected chi connectivity index (χ4v) is 3.52. The van der Waals surface area contributed by atoms with Crippen LogP contribution in [0.25, 0.3) is 0 Å². The number of halogens is 2. The predicted octanol–water partition coefficient (Wildman–Crippen LogP) is 3.73. The van der Waals surface area contributed by atoms with Crippen molar-refractivity contribution in [1.82, 2.24) is 0 Å². The second-order valence-electron chi connectivity index (χ2n) is 3.04. The van der Waals surface area contributed by atoms with E-state index in [2.05, 4.69) is 31.9 Å². The van der Waals surface area contributed by atoms with Crippen molar-refractivity contribution in [2.45, 2.75) is 36.9 Å². The maximum absolute atomic E-state index is 3.73. The summed E-state index contributed by atoms with van der Waals surface area (Å²) in [5, 5.41) is 1.14. The van der Waals surface area contributed by atoms with Gasteiger partial charge in [0.25, 0.3) is 0 Å². The van der Waals surface area contributed by atoms with Gasteiger partial charge in [0.1, 0.15) is 0 Å². The van der Waals surface area contributed by atoms with Crippen LogP contribution in [0, 0.1) is 5.92 Å². The van der Waals surface area contributed by atoms with Crippen molar-refractivity contribution in [3.63, 3.8) is 0 Å². The first-order chi connectivity index (χ1) is 4.84. The van der Waals surface area contributed by atoms with E-state index < -0.39 is 0 Å². The maximum atomic E-state index is 3.73. The van der Waals surface area contributed by atoms with Crippen LogP contribution in [0.3, 0.4) is 0 Å². The molecule has 1 aliphatic carbocycles. The molecule has 0 saturated heterocycles. The molecule has 1 atom stereocenters. The van der Waals surface area contributed by atoms with E-state index in [-0.39, 0.29) is 0 Å². The molecule has 0 nitrogen and oxygen atoms in total. The standard InChI is InChI=1S/C8H14Br2/c9-6-5-8(10)7-3-1-2-4-7/h7-8H,1-6H2/t8-/m0/s1. The summed E-state index contributed by atoms with van der Waals surface area (Å²) in [5.74, 6) is 0.970. The zero-order valence-corrected chi connectivity index (χ0v) is 9.33.